The van der Waals surface area contributed by atoms with Crippen LogP contribution in [0.25, 0.3) is 16.7 Å². The highest BCUT2D eigenvalue weighted by Gasteiger charge is 2.31. The van der Waals surface area contributed by atoms with Crippen molar-refractivity contribution in [1.29, 1.82) is 0 Å². The Kier molecular flexibility index (Phi) is 7.85. The van der Waals surface area contributed by atoms with Crippen LogP contribution in [-0.2, 0) is 11.3 Å². The van der Waals surface area contributed by atoms with Crippen LogP contribution in [0.1, 0.15) is 18.7 Å². The molecule has 4 aromatic rings. The van der Waals surface area contributed by atoms with Crippen LogP contribution >= 0.6 is 39.1 Å². The van der Waals surface area contributed by atoms with Gasteiger partial charge in [-0.3, -0.25) is 14.3 Å². The van der Waals surface area contributed by atoms with Gasteiger partial charge >= 0.3 is 0 Å². The number of fused-ring (bicyclic) bond motifs is 1. The number of piperidine rings is 1. The number of anilines is 1. The normalized spacial score (nSPS) is 17.2. The van der Waals surface area contributed by atoms with Gasteiger partial charge in [0.2, 0.25) is 5.91 Å². The van der Waals surface area contributed by atoms with Gasteiger partial charge in [0.05, 0.1) is 28.3 Å². The first-order valence-electron chi connectivity index (χ1n) is 13.4. The molecule has 6 rings (SSSR count). The first-order valence-corrected chi connectivity index (χ1v) is 14.9. The zero-order chi connectivity index (χ0) is 26.9. The number of aromatic nitrogens is 2. The van der Waals surface area contributed by atoms with Gasteiger partial charge in [-0.15, -0.1) is 0 Å². The molecule has 0 saturated carbocycles. The Morgan fingerprint density at radius 1 is 0.897 bits per heavy atom. The van der Waals surface area contributed by atoms with Crippen molar-refractivity contribution in [1.82, 2.24) is 19.4 Å². The molecule has 39 heavy (non-hydrogen) atoms. The maximum absolute atomic E-state index is 13.4. The SMILES string of the molecule is O=C(C1CCN(Cc2nc3ccccc3n2-c2cccc(Br)c2)CC1)N1CCN(c2ccc(Cl)cc2Cl)CC1. The molecule has 0 unspecified atom stereocenters. The molecule has 0 atom stereocenters. The molecule has 0 aliphatic carbocycles. The molecule has 2 saturated heterocycles. The van der Waals surface area contributed by atoms with Gasteiger partial charge in [-0.05, 0) is 74.5 Å². The Balaban J connectivity index is 1.08. The van der Waals surface area contributed by atoms with E-state index in [1.807, 2.05) is 29.2 Å². The van der Waals surface area contributed by atoms with Crippen molar-refractivity contribution in [3.63, 3.8) is 0 Å². The summed E-state index contributed by atoms with van der Waals surface area (Å²) in [6, 6.07) is 22.2. The minimum atomic E-state index is 0.0795. The molecule has 6 nitrogen and oxygen atoms in total. The molecule has 3 heterocycles. The minimum absolute atomic E-state index is 0.0795. The lowest BCUT2D eigenvalue weighted by atomic mass is 9.95. The van der Waals surface area contributed by atoms with Crippen LogP contribution in [0.4, 0.5) is 5.69 Å². The third-order valence-corrected chi connectivity index (χ3v) is 8.87. The van der Waals surface area contributed by atoms with Crippen molar-refractivity contribution in [2.24, 2.45) is 5.92 Å². The van der Waals surface area contributed by atoms with Gasteiger partial charge in [-0.1, -0.05) is 57.3 Å². The summed E-state index contributed by atoms with van der Waals surface area (Å²) in [5.74, 6) is 1.39. The predicted octanol–water partition coefficient (Wildman–Crippen LogP) is 6.66. The van der Waals surface area contributed by atoms with Crippen LogP contribution in [0.5, 0.6) is 0 Å². The van der Waals surface area contributed by atoms with E-state index in [1.165, 1.54) is 0 Å². The number of para-hydroxylation sites is 2. The Labute approximate surface area is 247 Å². The standard InChI is InChI=1S/C30H30BrCl2N5O/c31-22-4-3-5-24(18-22)38-28-7-2-1-6-26(28)34-29(38)20-35-12-10-21(11-13-35)30(39)37-16-14-36(15-17-37)27-9-8-23(32)19-25(27)33/h1-9,18-19,21H,10-17,20H2. The van der Waals surface area contributed by atoms with Crippen LogP contribution in [0.3, 0.4) is 0 Å². The van der Waals surface area contributed by atoms with E-state index >= 15 is 0 Å². The first kappa shape index (κ1) is 26.6. The van der Waals surface area contributed by atoms with E-state index in [0.29, 0.717) is 23.1 Å². The highest BCUT2D eigenvalue weighted by atomic mass is 79.9. The maximum atomic E-state index is 13.4. The average Bonchev–Trinajstić information content (AvgIpc) is 3.31. The summed E-state index contributed by atoms with van der Waals surface area (Å²) >= 11 is 16.1. The van der Waals surface area contributed by atoms with Gasteiger partial charge in [0.25, 0.3) is 0 Å². The second-order valence-corrected chi connectivity index (χ2v) is 12.0. The zero-order valence-corrected chi connectivity index (χ0v) is 24.7. The van der Waals surface area contributed by atoms with Gasteiger partial charge in [0.15, 0.2) is 0 Å². The zero-order valence-electron chi connectivity index (χ0n) is 21.6. The second kappa shape index (κ2) is 11.5. The van der Waals surface area contributed by atoms with Gasteiger partial charge in [-0.2, -0.15) is 0 Å². The summed E-state index contributed by atoms with van der Waals surface area (Å²) in [5.41, 5.74) is 4.18. The highest BCUT2D eigenvalue weighted by molar-refractivity contribution is 9.10. The Bertz CT molecular complexity index is 1490. The molecule has 0 radical (unpaired) electrons. The number of imidazole rings is 1. The lowest BCUT2D eigenvalue weighted by Crippen LogP contribution is -2.51. The van der Waals surface area contributed by atoms with Crippen molar-refractivity contribution >= 4 is 61.8 Å². The van der Waals surface area contributed by atoms with E-state index in [-0.39, 0.29) is 11.8 Å². The van der Waals surface area contributed by atoms with Crippen molar-refractivity contribution in [3.05, 3.63) is 87.1 Å². The van der Waals surface area contributed by atoms with Crippen LogP contribution in [0.15, 0.2) is 71.2 Å². The number of hydrogen-bond acceptors (Lipinski definition) is 4. The van der Waals surface area contributed by atoms with Gasteiger partial charge in [0, 0.05) is 47.3 Å². The maximum Gasteiger partial charge on any atom is 0.225 e. The molecular weight excluding hydrogens is 597 g/mol. The summed E-state index contributed by atoms with van der Waals surface area (Å²) in [6.07, 6.45) is 1.75. The summed E-state index contributed by atoms with van der Waals surface area (Å²) in [5, 5.41) is 1.29. The van der Waals surface area contributed by atoms with Gasteiger partial charge < -0.3 is 9.80 Å². The minimum Gasteiger partial charge on any atom is -0.367 e. The van der Waals surface area contributed by atoms with E-state index in [0.717, 1.165) is 78.3 Å². The summed E-state index contributed by atoms with van der Waals surface area (Å²) in [7, 11) is 0. The average molecular weight is 627 g/mol. The number of piperazine rings is 1. The lowest BCUT2D eigenvalue weighted by Gasteiger charge is -2.39. The Morgan fingerprint density at radius 2 is 1.67 bits per heavy atom. The number of benzene rings is 3. The number of amides is 1. The number of halogens is 3. The third kappa shape index (κ3) is 5.68. The number of likely N-dealkylation sites (tertiary alicyclic amines) is 1. The van der Waals surface area contributed by atoms with Crippen molar-refractivity contribution in [2.75, 3.05) is 44.2 Å². The van der Waals surface area contributed by atoms with E-state index < -0.39 is 0 Å². The number of nitrogens with zero attached hydrogens (tertiary/aromatic N) is 5. The second-order valence-electron chi connectivity index (χ2n) is 10.3. The largest absolute Gasteiger partial charge is 0.367 e. The molecule has 0 spiro atoms. The van der Waals surface area contributed by atoms with E-state index in [1.54, 1.807) is 6.07 Å². The molecule has 2 aliphatic rings. The van der Waals surface area contributed by atoms with Crippen LogP contribution in [0, 0.1) is 5.92 Å². The molecule has 3 aromatic carbocycles. The molecule has 1 amide bonds. The van der Waals surface area contributed by atoms with Gasteiger partial charge in [0.1, 0.15) is 5.82 Å². The van der Waals surface area contributed by atoms with Crippen molar-refractivity contribution in [2.45, 2.75) is 19.4 Å². The number of hydrogen-bond donors (Lipinski definition) is 0. The highest BCUT2D eigenvalue weighted by Crippen LogP contribution is 2.31. The summed E-state index contributed by atoms with van der Waals surface area (Å²) in [6.45, 7) is 5.51. The quantitative estimate of drug-likeness (QED) is 0.249. The van der Waals surface area contributed by atoms with Crippen LogP contribution in [0.2, 0.25) is 10.0 Å². The first-order chi connectivity index (χ1) is 19.0. The van der Waals surface area contributed by atoms with E-state index in [2.05, 4.69) is 66.7 Å². The van der Waals surface area contributed by atoms with Crippen LogP contribution < -0.4 is 4.90 Å². The fraction of sp³-hybridized carbons (Fsp3) is 0.333. The van der Waals surface area contributed by atoms with E-state index in [4.69, 9.17) is 28.2 Å². The Morgan fingerprint density at radius 3 is 2.41 bits per heavy atom. The lowest BCUT2D eigenvalue weighted by molar-refractivity contribution is -0.137. The molecule has 2 aliphatic heterocycles. The smallest absolute Gasteiger partial charge is 0.225 e. The van der Waals surface area contributed by atoms with E-state index in [9.17, 15) is 4.79 Å². The molecule has 2 fully saturated rings. The fourth-order valence-corrected chi connectivity index (χ4v) is 6.70. The number of carbonyl (C=O) groups is 1. The third-order valence-electron chi connectivity index (χ3n) is 7.84. The summed E-state index contributed by atoms with van der Waals surface area (Å²) < 4.78 is 3.30. The topological polar surface area (TPSA) is 44.6 Å². The van der Waals surface area contributed by atoms with Gasteiger partial charge in [-0.25, -0.2) is 4.98 Å². The van der Waals surface area contributed by atoms with Crippen LogP contribution in [-0.4, -0.2) is 64.5 Å². The molecule has 9 heteroatoms. The number of carbonyl (C=O) groups excluding carboxylic acids is 1. The number of rotatable bonds is 5. The molecule has 0 bridgehead atoms. The summed E-state index contributed by atoms with van der Waals surface area (Å²) in [4.78, 5) is 25.1. The predicted molar refractivity (Wildman–Crippen MR) is 162 cm³/mol. The Hall–Kier alpha value is -2.58. The molecule has 1 aromatic heterocycles. The molecule has 0 N–H and O–H groups in total. The van der Waals surface area contributed by atoms with Crippen molar-refractivity contribution < 1.29 is 4.79 Å². The molecular formula is C30H30BrCl2N5O. The fourth-order valence-electron chi connectivity index (χ4n) is 5.79. The monoisotopic (exact) mass is 625 g/mol. The van der Waals surface area contributed by atoms with Crippen molar-refractivity contribution in [3.8, 4) is 5.69 Å². The molecule has 202 valence electrons.